The van der Waals surface area contributed by atoms with Gasteiger partial charge in [-0.3, -0.25) is 0 Å². The molecule has 2 rings (SSSR count). The fourth-order valence-corrected chi connectivity index (χ4v) is 4.69. The van der Waals surface area contributed by atoms with E-state index in [4.69, 9.17) is 10.3 Å². The van der Waals surface area contributed by atoms with Crippen LogP contribution in [-0.4, -0.2) is 33.9 Å². The molecule has 2 N–H and O–H groups in total. The lowest BCUT2D eigenvalue weighted by atomic mass is 9.84. The van der Waals surface area contributed by atoms with Crippen molar-refractivity contribution in [3.63, 3.8) is 0 Å². The van der Waals surface area contributed by atoms with Crippen LogP contribution < -0.4 is 5.73 Å². The van der Waals surface area contributed by atoms with Crippen LogP contribution in [0.1, 0.15) is 43.7 Å². The zero-order valence-electron chi connectivity index (χ0n) is 11.7. The van der Waals surface area contributed by atoms with Gasteiger partial charge in [0.05, 0.1) is 5.25 Å². The molecule has 108 valence electrons. The van der Waals surface area contributed by atoms with Crippen molar-refractivity contribution in [3.8, 4) is 0 Å². The lowest BCUT2D eigenvalue weighted by molar-refractivity contribution is 0.289. The summed E-state index contributed by atoms with van der Waals surface area (Å²) in [7, 11) is 0. The summed E-state index contributed by atoms with van der Waals surface area (Å²) in [5.41, 5.74) is 5.88. The van der Waals surface area contributed by atoms with Crippen molar-refractivity contribution in [1.82, 2.24) is 10.1 Å². The highest BCUT2D eigenvalue weighted by atomic mass is 32.2. The van der Waals surface area contributed by atoms with Gasteiger partial charge in [0.25, 0.3) is 0 Å². The molecule has 1 fully saturated rings. The summed E-state index contributed by atoms with van der Waals surface area (Å²) in [5.74, 6) is 5.17. The molecule has 4 nitrogen and oxygen atoms in total. The molecule has 0 radical (unpaired) electrons. The Kier molecular flexibility index (Phi) is 5.59. The standard InChI is InChI=1S/C13H23N3OS2/c1-13(2,5-6-14)4-3-11-15-12(16-17-11)10-9-18-7-8-19-10/h10H,3-9,14H2,1-2H3. The molecule has 0 spiro atoms. The molecule has 0 bridgehead atoms. The van der Waals surface area contributed by atoms with Crippen LogP contribution >= 0.6 is 23.5 Å². The maximum atomic E-state index is 5.63. The van der Waals surface area contributed by atoms with E-state index >= 15 is 0 Å². The first-order valence-corrected chi connectivity index (χ1v) is 9.03. The maximum absolute atomic E-state index is 5.63. The van der Waals surface area contributed by atoms with Gasteiger partial charge < -0.3 is 10.3 Å². The number of aryl methyl sites for hydroxylation is 1. The molecule has 1 atom stereocenters. The first-order chi connectivity index (χ1) is 9.11. The Balaban J connectivity index is 1.86. The van der Waals surface area contributed by atoms with Gasteiger partial charge in [-0.15, -0.1) is 11.8 Å². The minimum atomic E-state index is 0.249. The minimum absolute atomic E-state index is 0.249. The van der Waals surface area contributed by atoms with E-state index in [9.17, 15) is 0 Å². The third-order valence-corrected chi connectivity index (χ3v) is 6.18. The van der Waals surface area contributed by atoms with Gasteiger partial charge in [-0.05, 0) is 24.8 Å². The summed E-state index contributed by atoms with van der Waals surface area (Å²) in [6.07, 6.45) is 2.92. The normalized spacial score (nSPS) is 20.7. The molecule has 1 unspecified atom stereocenters. The average Bonchev–Trinajstić information content (AvgIpc) is 2.86. The van der Waals surface area contributed by atoms with E-state index in [2.05, 4.69) is 24.0 Å². The van der Waals surface area contributed by atoms with Crippen LogP contribution in [0.15, 0.2) is 4.52 Å². The van der Waals surface area contributed by atoms with Gasteiger partial charge in [-0.2, -0.15) is 16.7 Å². The molecule has 0 aromatic carbocycles. The van der Waals surface area contributed by atoms with Crippen LogP contribution in [0.25, 0.3) is 0 Å². The van der Waals surface area contributed by atoms with E-state index in [1.807, 2.05) is 23.5 Å². The second-order valence-electron chi connectivity index (χ2n) is 5.68. The van der Waals surface area contributed by atoms with E-state index in [0.717, 1.165) is 43.3 Å². The maximum Gasteiger partial charge on any atom is 0.226 e. The monoisotopic (exact) mass is 301 g/mol. The molecule has 0 amide bonds. The molecule has 19 heavy (non-hydrogen) atoms. The van der Waals surface area contributed by atoms with E-state index in [-0.39, 0.29) is 5.41 Å². The van der Waals surface area contributed by atoms with Crippen LogP contribution in [0.2, 0.25) is 0 Å². The number of nitrogens with zero attached hydrogens (tertiary/aromatic N) is 2. The molecule has 1 aliphatic heterocycles. The van der Waals surface area contributed by atoms with Crippen molar-refractivity contribution in [1.29, 1.82) is 0 Å². The molecule has 1 aromatic heterocycles. The number of nitrogens with two attached hydrogens (primary N) is 1. The summed E-state index contributed by atoms with van der Waals surface area (Å²) >= 11 is 3.91. The van der Waals surface area contributed by atoms with Gasteiger partial charge in [0, 0.05) is 23.7 Å². The third kappa shape index (κ3) is 4.68. The predicted octanol–water partition coefficient (Wildman–Crippen LogP) is 2.90. The van der Waals surface area contributed by atoms with Gasteiger partial charge in [-0.25, -0.2) is 0 Å². The Morgan fingerprint density at radius 3 is 2.89 bits per heavy atom. The van der Waals surface area contributed by atoms with E-state index in [0.29, 0.717) is 5.25 Å². The molecule has 1 saturated heterocycles. The largest absolute Gasteiger partial charge is 0.339 e. The molecule has 2 heterocycles. The van der Waals surface area contributed by atoms with Crippen molar-refractivity contribution in [2.24, 2.45) is 11.1 Å². The summed E-state index contributed by atoms with van der Waals surface area (Å²) in [6.45, 7) is 5.22. The quantitative estimate of drug-likeness (QED) is 0.871. The zero-order chi connectivity index (χ0) is 13.7. The van der Waals surface area contributed by atoms with Crippen molar-refractivity contribution in [3.05, 3.63) is 11.7 Å². The Morgan fingerprint density at radius 2 is 2.21 bits per heavy atom. The van der Waals surface area contributed by atoms with Crippen molar-refractivity contribution >= 4 is 23.5 Å². The zero-order valence-corrected chi connectivity index (χ0v) is 13.4. The van der Waals surface area contributed by atoms with E-state index < -0.39 is 0 Å². The molecule has 1 aromatic rings. The second-order valence-corrected chi connectivity index (χ2v) is 8.14. The predicted molar refractivity (Wildman–Crippen MR) is 82.6 cm³/mol. The molecular weight excluding hydrogens is 278 g/mol. The SMILES string of the molecule is CC(C)(CCN)CCc1nc(C2CSCCS2)no1. The number of hydrogen-bond donors (Lipinski definition) is 1. The van der Waals surface area contributed by atoms with Gasteiger partial charge >= 0.3 is 0 Å². The van der Waals surface area contributed by atoms with Crippen LogP contribution in [-0.2, 0) is 6.42 Å². The Bertz CT molecular complexity index is 389. The first kappa shape index (κ1) is 15.2. The summed E-state index contributed by atoms with van der Waals surface area (Å²) < 4.78 is 5.38. The Morgan fingerprint density at radius 1 is 1.37 bits per heavy atom. The lowest BCUT2D eigenvalue weighted by Crippen LogP contribution is -2.17. The Hall–Kier alpha value is -0.200. The topological polar surface area (TPSA) is 64.9 Å². The molecule has 0 saturated carbocycles. The Labute approximate surface area is 123 Å². The van der Waals surface area contributed by atoms with E-state index in [1.165, 1.54) is 11.5 Å². The average molecular weight is 301 g/mol. The smallest absolute Gasteiger partial charge is 0.226 e. The van der Waals surface area contributed by atoms with Crippen molar-refractivity contribution in [2.75, 3.05) is 23.8 Å². The fourth-order valence-electron chi connectivity index (χ4n) is 2.10. The van der Waals surface area contributed by atoms with Crippen LogP contribution in [0.4, 0.5) is 0 Å². The lowest BCUT2D eigenvalue weighted by Gasteiger charge is -2.22. The molecule has 0 aliphatic carbocycles. The summed E-state index contributed by atoms with van der Waals surface area (Å²) in [4.78, 5) is 4.55. The molecular formula is C13H23N3OS2. The highest BCUT2D eigenvalue weighted by Crippen LogP contribution is 2.35. The van der Waals surface area contributed by atoms with Crippen LogP contribution in [0, 0.1) is 5.41 Å². The van der Waals surface area contributed by atoms with Crippen molar-refractivity contribution < 1.29 is 4.52 Å². The number of rotatable bonds is 6. The molecule has 6 heteroatoms. The minimum Gasteiger partial charge on any atom is -0.339 e. The highest BCUT2D eigenvalue weighted by molar-refractivity contribution is 8.06. The summed E-state index contributed by atoms with van der Waals surface area (Å²) in [6, 6.07) is 0. The number of thioether (sulfide) groups is 2. The highest BCUT2D eigenvalue weighted by Gasteiger charge is 2.23. The van der Waals surface area contributed by atoms with Crippen LogP contribution in [0.5, 0.6) is 0 Å². The fraction of sp³-hybridized carbons (Fsp3) is 0.846. The van der Waals surface area contributed by atoms with Gasteiger partial charge in [-0.1, -0.05) is 19.0 Å². The van der Waals surface area contributed by atoms with Gasteiger partial charge in [0.15, 0.2) is 5.82 Å². The second kappa shape index (κ2) is 6.99. The first-order valence-electron chi connectivity index (χ1n) is 6.83. The van der Waals surface area contributed by atoms with Crippen LogP contribution in [0.3, 0.4) is 0 Å². The van der Waals surface area contributed by atoms with Gasteiger partial charge in [0.2, 0.25) is 5.89 Å². The number of hydrogen-bond acceptors (Lipinski definition) is 6. The van der Waals surface area contributed by atoms with Gasteiger partial charge in [0.1, 0.15) is 0 Å². The third-order valence-electron chi connectivity index (χ3n) is 3.42. The number of aromatic nitrogens is 2. The molecule has 1 aliphatic rings. The van der Waals surface area contributed by atoms with Crippen molar-refractivity contribution in [2.45, 2.75) is 38.4 Å². The summed E-state index contributed by atoms with van der Waals surface area (Å²) in [5, 5.41) is 4.55. The van der Waals surface area contributed by atoms with E-state index in [1.54, 1.807) is 0 Å².